The van der Waals surface area contributed by atoms with Gasteiger partial charge < -0.3 is 14.8 Å². The summed E-state index contributed by atoms with van der Waals surface area (Å²) in [4.78, 5) is 2.50. The van der Waals surface area contributed by atoms with E-state index in [2.05, 4.69) is 45.2 Å². The first-order chi connectivity index (χ1) is 9.33. The van der Waals surface area contributed by atoms with Crippen LogP contribution in [0, 0.1) is 0 Å². The Balaban J connectivity index is 1.91. The van der Waals surface area contributed by atoms with E-state index in [0.717, 1.165) is 31.2 Å². The van der Waals surface area contributed by atoms with Gasteiger partial charge in [0, 0.05) is 48.8 Å². The fourth-order valence-corrected chi connectivity index (χ4v) is 3.42. The lowest BCUT2D eigenvalue weighted by atomic mass is 10.1. The minimum Gasteiger partial charge on any atom is -0.360 e. The summed E-state index contributed by atoms with van der Waals surface area (Å²) in [6, 6.07) is 11.0. The Morgan fingerprint density at radius 2 is 2.21 bits per heavy atom. The third-order valence-electron chi connectivity index (χ3n) is 4.15. The summed E-state index contributed by atoms with van der Waals surface area (Å²) in [5.41, 5.74) is 4.04. The molecule has 1 fully saturated rings. The van der Waals surface area contributed by atoms with E-state index in [1.807, 2.05) is 6.07 Å². The molecule has 1 aromatic heterocycles. The maximum Gasteiger partial charge on any atom is 0.0818 e. The summed E-state index contributed by atoms with van der Waals surface area (Å²) < 4.78 is 2.35. The lowest BCUT2D eigenvalue weighted by molar-refractivity contribution is 0.477. The Labute approximate surface area is 117 Å². The second kappa shape index (κ2) is 4.29. The topological polar surface area (TPSA) is 20.2 Å². The zero-order valence-corrected chi connectivity index (χ0v) is 11.4. The van der Waals surface area contributed by atoms with E-state index in [0.29, 0.717) is 6.04 Å². The molecule has 1 N–H and O–H groups in total. The lowest BCUT2D eigenvalue weighted by Crippen LogP contribution is -2.46. The standard InChI is InChI=1S/C15H16ClN3/c16-12-4-3-11-10-18-6-1-2-13(18)15-9-17-5-7-19(15)14(11)8-12/h1-4,6,8,15,17H,5,7,9-10H2. The van der Waals surface area contributed by atoms with Crippen molar-refractivity contribution < 1.29 is 0 Å². The molecule has 98 valence electrons. The van der Waals surface area contributed by atoms with Crippen LogP contribution in [-0.2, 0) is 6.54 Å². The van der Waals surface area contributed by atoms with Gasteiger partial charge in [-0.05, 0) is 29.8 Å². The van der Waals surface area contributed by atoms with E-state index >= 15 is 0 Å². The number of hydrogen-bond acceptors (Lipinski definition) is 2. The summed E-state index contributed by atoms with van der Waals surface area (Å²) >= 11 is 6.20. The van der Waals surface area contributed by atoms with Gasteiger partial charge in [-0.2, -0.15) is 0 Å². The maximum atomic E-state index is 6.20. The second-order valence-corrected chi connectivity index (χ2v) is 5.68. The fourth-order valence-electron chi connectivity index (χ4n) is 3.25. The van der Waals surface area contributed by atoms with Crippen molar-refractivity contribution in [2.45, 2.75) is 12.6 Å². The molecule has 1 unspecified atom stereocenters. The number of halogens is 1. The van der Waals surface area contributed by atoms with E-state index < -0.39 is 0 Å². The third kappa shape index (κ3) is 1.77. The summed E-state index contributed by atoms with van der Waals surface area (Å²) in [5, 5.41) is 4.32. The molecule has 0 amide bonds. The van der Waals surface area contributed by atoms with Crippen molar-refractivity contribution in [3.63, 3.8) is 0 Å². The van der Waals surface area contributed by atoms with Crippen molar-refractivity contribution in [3.8, 4) is 0 Å². The van der Waals surface area contributed by atoms with Crippen molar-refractivity contribution in [2.24, 2.45) is 0 Å². The largest absolute Gasteiger partial charge is 0.360 e. The van der Waals surface area contributed by atoms with Crippen LogP contribution in [0.25, 0.3) is 0 Å². The maximum absolute atomic E-state index is 6.20. The van der Waals surface area contributed by atoms with E-state index in [9.17, 15) is 0 Å². The first-order valence-electron chi connectivity index (χ1n) is 6.74. The molecular weight excluding hydrogens is 258 g/mol. The minimum atomic E-state index is 0.406. The molecule has 0 radical (unpaired) electrons. The number of piperazine rings is 1. The molecule has 1 saturated heterocycles. The van der Waals surface area contributed by atoms with E-state index in [1.165, 1.54) is 16.9 Å². The molecule has 2 aliphatic rings. The van der Waals surface area contributed by atoms with Crippen molar-refractivity contribution in [1.82, 2.24) is 9.88 Å². The average Bonchev–Trinajstić information content (AvgIpc) is 2.84. The van der Waals surface area contributed by atoms with Crippen LogP contribution in [0.15, 0.2) is 36.5 Å². The molecule has 1 aromatic carbocycles. The highest BCUT2D eigenvalue weighted by Crippen LogP contribution is 2.36. The first-order valence-corrected chi connectivity index (χ1v) is 7.11. The smallest absolute Gasteiger partial charge is 0.0818 e. The summed E-state index contributed by atoms with van der Waals surface area (Å²) in [5.74, 6) is 0. The number of benzene rings is 1. The second-order valence-electron chi connectivity index (χ2n) is 5.25. The van der Waals surface area contributed by atoms with Gasteiger partial charge in [0.1, 0.15) is 0 Å². The van der Waals surface area contributed by atoms with Gasteiger partial charge in [-0.3, -0.25) is 0 Å². The van der Waals surface area contributed by atoms with E-state index in [-0.39, 0.29) is 0 Å². The van der Waals surface area contributed by atoms with Gasteiger partial charge in [0.05, 0.1) is 6.04 Å². The number of anilines is 1. The van der Waals surface area contributed by atoms with Gasteiger partial charge in [-0.25, -0.2) is 0 Å². The van der Waals surface area contributed by atoms with Crippen molar-refractivity contribution >= 4 is 17.3 Å². The highest BCUT2D eigenvalue weighted by Gasteiger charge is 2.30. The normalized spacial score (nSPS) is 21.3. The number of rotatable bonds is 0. The van der Waals surface area contributed by atoms with Crippen molar-refractivity contribution in [3.05, 3.63) is 52.8 Å². The molecule has 4 rings (SSSR count). The third-order valence-corrected chi connectivity index (χ3v) is 4.38. The SMILES string of the molecule is Clc1ccc2c(c1)N1CCNCC1c1cccn1C2. The van der Waals surface area contributed by atoms with Gasteiger partial charge in [0.25, 0.3) is 0 Å². The number of nitrogens with zero attached hydrogens (tertiary/aromatic N) is 2. The molecule has 19 heavy (non-hydrogen) atoms. The summed E-state index contributed by atoms with van der Waals surface area (Å²) in [6.07, 6.45) is 2.17. The van der Waals surface area contributed by atoms with Crippen LogP contribution in [0.3, 0.4) is 0 Å². The summed E-state index contributed by atoms with van der Waals surface area (Å²) in [7, 11) is 0. The molecule has 4 heteroatoms. The predicted octanol–water partition coefficient (Wildman–Crippen LogP) is 2.65. The Bertz CT molecular complexity index is 620. The quantitative estimate of drug-likeness (QED) is 0.796. The highest BCUT2D eigenvalue weighted by molar-refractivity contribution is 6.30. The molecule has 2 aromatic rings. The molecular formula is C15H16ClN3. The van der Waals surface area contributed by atoms with E-state index in [1.54, 1.807) is 0 Å². The van der Waals surface area contributed by atoms with Crippen LogP contribution in [0.4, 0.5) is 5.69 Å². The Morgan fingerprint density at radius 1 is 1.26 bits per heavy atom. The first kappa shape index (κ1) is 11.4. The van der Waals surface area contributed by atoms with Gasteiger partial charge in [-0.1, -0.05) is 17.7 Å². The Kier molecular flexibility index (Phi) is 2.57. The molecule has 3 heterocycles. The Hall–Kier alpha value is -1.45. The molecule has 0 saturated carbocycles. The fraction of sp³-hybridized carbons (Fsp3) is 0.333. The monoisotopic (exact) mass is 273 g/mol. The van der Waals surface area contributed by atoms with E-state index in [4.69, 9.17) is 11.6 Å². The van der Waals surface area contributed by atoms with Gasteiger partial charge in [-0.15, -0.1) is 0 Å². The molecule has 0 spiro atoms. The minimum absolute atomic E-state index is 0.406. The average molecular weight is 274 g/mol. The Morgan fingerprint density at radius 3 is 3.16 bits per heavy atom. The number of aromatic nitrogens is 1. The molecule has 0 bridgehead atoms. The van der Waals surface area contributed by atoms with Gasteiger partial charge in [0.15, 0.2) is 0 Å². The van der Waals surface area contributed by atoms with Crippen molar-refractivity contribution in [2.75, 3.05) is 24.5 Å². The number of hydrogen-bond donors (Lipinski definition) is 1. The van der Waals surface area contributed by atoms with Crippen LogP contribution >= 0.6 is 11.6 Å². The van der Waals surface area contributed by atoms with Gasteiger partial charge in [0.2, 0.25) is 0 Å². The molecule has 3 nitrogen and oxygen atoms in total. The van der Waals surface area contributed by atoms with Crippen LogP contribution in [0.5, 0.6) is 0 Å². The predicted molar refractivity (Wildman–Crippen MR) is 77.9 cm³/mol. The van der Waals surface area contributed by atoms with Crippen molar-refractivity contribution in [1.29, 1.82) is 0 Å². The zero-order valence-electron chi connectivity index (χ0n) is 10.6. The van der Waals surface area contributed by atoms with Crippen LogP contribution in [-0.4, -0.2) is 24.2 Å². The number of fused-ring (bicyclic) bond motifs is 5. The highest BCUT2D eigenvalue weighted by atomic mass is 35.5. The molecule has 2 aliphatic heterocycles. The van der Waals surface area contributed by atoms with Crippen LogP contribution < -0.4 is 10.2 Å². The van der Waals surface area contributed by atoms with Gasteiger partial charge >= 0.3 is 0 Å². The number of nitrogens with one attached hydrogen (secondary N) is 1. The lowest BCUT2D eigenvalue weighted by Gasteiger charge is -2.37. The van der Waals surface area contributed by atoms with Crippen LogP contribution in [0.2, 0.25) is 5.02 Å². The molecule has 1 atom stereocenters. The summed E-state index contributed by atoms with van der Waals surface area (Å²) in [6.45, 7) is 3.99. The zero-order chi connectivity index (χ0) is 12.8. The molecule has 0 aliphatic carbocycles. The van der Waals surface area contributed by atoms with Crippen LogP contribution in [0.1, 0.15) is 17.3 Å².